The van der Waals surface area contributed by atoms with Crippen molar-refractivity contribution < 1.29 is 13.6 Å². The van der Waals surface area contributed by atoms with Gasteiger partial charge in [-0.05, 0) is 14.1 Å². The zero-order chi connectivity index (χ0) is 9.19. The van der Waals surface area contributed by atoms with Gasteiger partial charge in [-0.3, -0.25) is 9.05 Å². The first kappa shape index (κ1) is 9.76. The Kier molecular flexibility index (Phi) is 2.92. The summed E-state index contributed by atoms with van der Waals surface area (Å²) in [6.07, 6.45) is 5.38. The summed E-state index contributed by atoms with van der Waals surface area (Å²) >= 11 is 0. The van der Waals surface area contributed by atoms with E-state index in [1.165, 1.54) is 4.67 Å². The molecule has 2 unspecified atom stereocenters. The van der Waals surface area contributed by atoms with Crippen molar-refractivity contribution in [1.82, 2.24) is 4.67 Å². The Balaban J connectivity index is 2.69. The lowest BCUT2D eigenvalue weighted by Gasteiger charge is -2.30. The van der Waals surface area contributed by atoms with Crippen molar-refractivity contribution in [2.45, 2.75) is 12.5 Å². The summed E-state index contributed by atoms with van der Waals surface area (Å²) in [6.45, 7) is 0.393. The maximum absolute atomic E-state index is 11.7. The molecular weight excluding hydrogens is 177 g/mol. The molecular formula is C7H12NO3P. The molecule has 2 atom stereocenters. The highest BCUT2D eigenvalue weighted by molar-refractivity contribution is 7.51. The number of nitrogens with zero attached hydrogens (tertiary/aromatic N) is 1. The number of terminal acetylenes is 1. The molecule has 68 valence electrons. The highest BCUT2D eigenvalue weighted by Gasteiger charge is 2.35. The topological polar surface area (TPSA) is 38.8 Å². The summed E-state index contributed by atoms with van der Waals surface area (Å²) in [6, 6.07) is 0. The third-order valence-electron chi connectivity index (χ3n) is 1.57. The van der Waals surface area contributed by atoms with Crippen LogP contribution < -0.4 is 0 Å². The van der Waals surface area contributed by atoms with Gasteiger partial charge in [0.2, 0.25) is 0 Å². The Bertz CT molecular complexity index is 246. The van der Waals surface area contributed by atoms with Crippen LogP contribution in [0, 0.1) is 12.3 Å². The fraction of sp³-hybridized carbons (Fsp3) is 0.714. The van der Waals surface area contributed by atoms with Crippen LogP contribution >= 0.6 is 7.75 Å². The molecule has 0 radical (unpaired) electrons. The lowest BCUT2D eigenvalue weighted by molar-refractivity contribution is 0.0898. The molecule has 0 N–H and O–H groups in total. The molecule has 0 saturated carbocycles. The van der Waals surface area contributed by atoms with E-state index >= 15 is 0 Å². The Morgan fingerprint density at radius 1 is 1.67 bits per heavy atom. The van der Waals surface area contributed by atoms with Crippen LogP contribution in [0.15, 0.2) is 0 Å². The van der Waals surface area contributed by atoms with Crippen molar-refractivity contribution in [3.8, 4) is 12.3 Å². The predicted molar refractivity (Wildman–Crippen MR) is 45.6 cm³/mol. The van der Waals surface area contributed by atoms with Gasteiger partial charge in [-0.1, -0.05) is 5.92 Å². The van der Waals surface area contributed by atoms with Crippen LogP contribution in [-0.4, -0.2) is 31.5 Å². The van der Waals surface area contributed by atoms with Crippen LogP contribution in [0.25, 0.3) is 0 Å². The summed E-state index contributed by atoms with van der Waals surface area (Å²) in [5.41, 5.74) is 0. The second kappa shape index (κ2) is 3.59. The van der Waals surface area contributed by atoms with Crippen LogP contribution in [0.5, 0.6) is 0 Å². The molecule has 1 heterocycles. The molecule has 0 bridgehead atoms. The largest absolute Gasteiger partial charge is 0.408 e. The molecule has 0 aromatic heterocycles. The number of hydrogen-bond donors (Lipinski definition) is 0. The second-order valence-corrected chi connectivity index (χ2v) is 4.90. The summed E-state index contributed by atoms with van der Waals surface area (Å²) in [7, 11) is 0.210. The van der Waals surface area contributed by atoms with Crippen molar-refractivity contribution in [3.63, 3.8) is 0 Å². The van der Waals surface area contributed by atoms with Gasteiger partial charge >= 0.3 is 7.75 Å². The molecule has 5 heteroatoms. The minimum Gasteiger partial charge on any atom is -0.296 e. The quantitative estimate of drug-likeness (QED) is 0.457. The minimum absolute atomic E-state index is 0.382. The third kappa shape index (κ3) is 1.88. The van der Waals surface area contributed by atoms with Crippen LogP contribution in [-0.2, 0) is 13.6 Å². The SMILES string of the molecule is C#CC1CCOP(=O)(N(C)C)O1. The van der Waals surface area contributed by atoms with Gasteiger partial charge in [-0.25, -0.2) is 9.24 Å². The Labute approximate surface area is 72.4 Å². The van der Waals surface area contributed by atoms with Gasteiger partial charge in [-0.2, -0.15) is 0 Å². The monoisotopic (exact) mass is 189 g/mol. The zero-order valence-electron chi connectivity index (χ0n) is 7.19. The normalized spacial score (nSPS) is 36.3. The van der Waals surface area contributed by atoms with E-state index in [1.54, 1.807) is 14.1 Å². The third-order valence-corrected chi connectivity index (χ3v) is 3.58. The molecule has 1 rings (SSSR count). The van der Waals surface area contributed by atoms with Gasteiger partial charge in [0, 0.05) is 6.42 Å². The molecule has 4 nitrogen and oxygen atoms in total. The molecule has 1 aliphatic rings. The van der Waals surface area contributed by atoms with Crippen LogP contribution in [0.4, 0.5) is 0 Å². The molecule has 1 saturated heterocycles. The highest BCUT2D eigenvalue weighted by Crippen LogP contribution is 2.53. The maximum Gasteiger partial charge on any atom is 0.408 e. The smallest absolute Gasteiger partial charge is 0.296 e. The fourth-order valence-corrected chi connectivity index (χ4v) is 2.15. The fourth-order valence-electron chi connectivity index (χ4n) is 0.843. The van der Waals surface area contributed by atoms with Crippen molar-refractivity contribution in [2.24, 2.45) is 0 Å². The predicted octanol–water partition coefficient (Wildman–Crippen LogP) is 1.09. The van der Waals surface area contributed by atoms with E-state index in [-0.39, 0.29) is 6.10 Å². The maximum atomic E-state index is 11.7. The molecule has 0 amide bonds. The standard InChI is InChI=1S/C7H12NO3P/c1-4-7-5-6-10-12(9,11-7)8(2)3/h1,7H,5-6H2,2-3H3. The summed E-state index contributed by atoms with van der Waals surface area (Å²) in [4.78, 5) is 0. The molecule has 0 aliphatic carbocycles. The molecule has 1 aliphatic heterocycles. The van der Waals surface area contributed by atoms with E-state index in [1.807, 2.05) is 0 Å². The molecule has 12 heavy (non-hydrogen) atoms. The van der Waals surface area contributed by atoms with Crippen LogP contribution in [0.2, 0.25) is 0 Å². The number of hydrogen-bond acceptors (Lipinski definition) is 3. The van der Waals surface area contributed by atoms with Crippen molar-refractivity contribution in [2.75, 3.05) is 20.7 Å². The second-order valence-electron chi connectivity index (χ2n) is 2.70. The summed E-state index contributed by atoms with van der Waals surface area (Å²) in [5, 5.41) is 0. The van der Waals surface area contributed by atoms with Gasteiger partial charge in [0.15, 0.2) is 0 Å². The van der Waals surface area contributed by atoms with E-state index in [9.17, 15) is 4.57 Å². The molecule has 1 fully saturated rings. The molecule has 0 aromatic rings. The molecule has 0 aromatic carbocycles. The van der Waals surface area contributed by atoms with Crippen molar-refractivity contribution in [3.05, 3.63) is 0 Å². The van der Waals surface area contributed by atoms with Gasteiger partial charge < -0.3 is 0 Å². The lowest BCUT2D eigenvalue weighted by Crippen LogP contribution is -2.25. The van der Waals surface area contributed by atoms with Crippen molar-refractivity contribution >= 4 is 7.75 Å². The van der Waals surface area contributed by atoms with E-state index in [0.29, 0.717) is 13.0 Å². The lowest BCUT2D eigenvalue weighted by atomic mass is 10.3. The first-order valence-corrected chi connectivity index (χ1v) is 5.15. The Hall–Kier alpha value is -0.330. The van der Waals surface area contributed by atoms with Gasteiger partial charge in [-0.15, -0.1) is 6.42 Å². The first-order chi connectivity index (χ1) is 5.58. The summed E-state index contributed by atoms with van der Waals surface area (Å²) in [5.74, 6) is 2.41. The van der Waals surface area contributed by atoms with E-state index < -0.39 is 7.75 Å². The van der Waals surface area contributed by atoms with Gasteiger partial charge in [0.25, 0.3) is 0 Å². The highest BCUT2D eigenvalue weighted by atomic mass is 31.2. The number of rotatable bonds is 1. The Morgan fingerprint density at radius 2 is 2.33 bits per heavy atom. The van der Waals surface area contributed by atoms with Gasteiger partial charge in [0.1, 0.15) is 6.10 Å². The van der Waals surface area contributed by atoms with E-state index in [2.05, 4.69) is 5.92 Å². The average Bonchev–Trinajstić information content (AvgIpc) is 2.04. The molecule has 0 spiro atoms. The van der Waals surface area contributed by atoms with E-state index in [4.69, 9.17) is 15.5 Å². The Morgan fingerprint density at radius 3 is 2.83 bits per heavy atom. The van der Waals surface area contributed by atoms with Crippen LogP contribution in [0.1, 0.15) is 6.42 Å². The average molecular weight is 189 g/mol. The van der Waals surface area contributed by atoms with Crippen LogP contribution in [0.3, 0.4) is 0 Å². The first-order valence-electron chi connectivity index (χ1n) is 3.65. The van der Waals surface area contributed by atoms with Gasteiger partial charge in [0.05, 0.1) is 6.61 Å². The zero-order valence-corrected chi connectivity index (χ0v) is 8.08. The minimum atomic E-state index is -3.07. The summed E-state index contributed by atoms with van der Waals surface area (Å²) < 4.78 is 23.2. The van der Waals surface area contributed by atoms with E-state index in [0.717, 1.165) is 0 Å². The van der Waals surface area contributed by atoms with Crippen molar-refractivity contribution in [1.29, 1.82) is 0 Å².